The molecule has 0 aromatic heterocycles. The first-order chi connectivity index (χ1) is 19.0. The minimum atomic E-state index is -1.13. The van der Waals surface area contributed by atoms with Gasteiger partial charge in [0.2, 0.25) is 11.8 Å². The number of aliphatic carboxylic acids is 1. The molecule has 6 atom stereocenters. The highest BCUT2D eigenvalue weighted by atomic mass is 16.5. The van der Waals surface area contributed by atoms with Gasteiger partial charge in [-0.1, -0.05) is 105 Å². The Hall–Kier alpha value is -2.16. The van der Waals surface area contributed by atoms with E-state index in [0.29, 0.717) is 12.3 Å². The first kappa shape index (κ1) is 35.9. The highest BCUT2D eigenvalue weighted by Crippen LogP contribution is 2.28. The molecule has 1 aliphatic rings. The predicted molar refractivity (Wildman–Crippen MR) is 157 cm³/mol. The fourth-order valence-corrected chi connectivity index (χ4v) is 5.30. The van der Waals surface area contributed by atoms with Gasteiger partial charge in [-0.2, -0.15) is 0 Å². The number of unbranched alkanes of at least 4 members (excludes halogenated alkanes) is 5. The Kier molecular flexibility index (Phi) is 17.8. The van der Waals surface area contributed by atoms with E-state index in [1.54, 1.807) is 0 Å². The average Bonchev–Trinajstić information content (AvgIpc) is 2.93. The summed E-state index contributed by atoms with van der Waals surface area (Å²) >= 11 is 0. The second-order valence-corrected chi connectivity index (χ2v) is 12.1. The van der Waals surface area contributed by atoms with Crippen molar-refractivity contribution in [2.45, 2.75) is 155 Å². The first-order valence-corrected chi connectivity index (χ1v) is 15.8. The molecule has 0 bridgehead atoms. The molecule has 5 N–H and O–H groups in total. The third kappa shape index (κ3) is 14.0. The lowest BCUT2D eigenvalue weighted by Gasteiger charge is -2.29. The Morgan fingerprint density at radius 1 is 0.900 bits per heavy atom. The third-order valence-corrected chi connectivity index (χ3v) is 8.51. The van der Waals surface area contributed by atoms with Crippen LogP contribution >= 0.6 is 0 Å². The van der Waals surface area contributed by atoms with E-state index in [2.05, 4.69) is 17.6 Å². The van der Waals surface area contributed by atoms with Crippen LogP contribution in [0.5, 0.6) is 0 Å². The summed E-state index contributed by atoms with van der Waals surface area (Å²) in [6.07, 6.45) is 13.5. The van der Waals surface area contributed by atoms with Crippen molar-refractivity contribution in [2.75, 3.05) is 0 Å². The van der Waals surface area contributed by atoms with E-state index < -0.39 is 42.1 Å². The van der Waals surface area contributed by atoms with Crippen LogP contribution in [0, 0.1) is 17.8 Å². The molecule has 0 aromatic carbocycles. The summed E-state index contributed by atoms with van der Waals surface area (Å²) in [5.74, 6) is -2.33. The maximum atomic E-state index is 13.3. The van der Waals surface area contributed by atoms with Gasteiger partial charge in [-0.15, -0.1) is 0 Å². The van der Waals surface area contributed by atoms with E-state index in [0.717, 1.165) is 64.2 Å². The molecule has 9 heteroatoms. The van der Waals surface area contributed by atoms with E-state index in [-0.39, 0.29) is 24.2 Å². The monoisotopic (exact) mass is 567 g/mol. The van der Waals surface area contributed by atoms with Crippen LogP contribution in [0.3, 0.4) is 0 Å². The van der Waals surface area contributed by atoms with Crippen LogP contribution in [0.4, 0.5) is 0 Å². The zero-order valence-corrected chi connectivity index (χ0v) is 25.7. The summed E-state index contributed by atoms with van der Waals surface area (Å²) in [6.45, 7) is 9.45. The smallest absolute Gasteiger partial charge is 0.325 e. The summed E-state index contributed by atoms with van der Waals surface area (Å²) < 4.78 is 5.85. The lowest BCUT2D eigenvalue weighted by molar-refractivity contribution is -0.156. The van der Waals surface area contributed by atoms with Crippen molar-refractivity contribution in [1.29, 1.82) is 0 Å². The number of carbonyl (C=O) groups excluding carboxylic acids is 3. The molecule has 1 rings (SSSR count). The molecule has 0 radical (unpaired) electrons. The number of carbonyl (C=O) groups is 4. The lowest BCUT2D eigenvalue weighted by atomic mass is 9.84. The van der Waals surface area contributed by atoms with Gasteiger partial charge >= 0.3 is 11.9 Å². The molecular formula is C31H57N3O6. The van der Waals surface area contributed by atoms with Gasteiger partial charge in [0.1, 0.15) is 24.2 Å². The lowest BCUT2D eigenvalue weighted by Crippen LogP contribution is -2.52. The number of nitrogens with one attached hydrogen (secondary N) is 2. The van der Waals surface area contributed by atoms with Gasteiger partial charge in [0.15, 0.2) is 0 Å². The number of esters is 1. The van der Waals surface area contributed by atoms with Gasteiger partial charge in [-0.05, 0) is 37.5 Å². The number of nitrogens with two attached hydrogens (primary N) is 1. The Morgan fingerprint density at radius 3 is 2.12 bits per heavy atom. The summed E-state index contributed by atoms with van der Waals surface area (Å²) in [7, 11) is 0. The summed E-state index contributed by atoms with van der Waals surface area (Å²) in [4.78, 5) is 50.5. The number of hydrogen-bond acceptors (Lipinski definition) is 6. The number of carboxylic acids is 1. The largest absolute Gasteiger partial charge is 0.480 e. The van der Waals surface area contributed by atoms with Crippen molar-refractivity contribution < 1.29 is 29.0 Å². The van der Waals surface area contributed by atoms with E-state index >= 15 is 0 Å². The molecule has 9 nitrogen and oxygen atoms in total. The minimum absolute atomic E-state index is 0.0457. The molecule has 1 saturated carbocycles. The molecule has 0 heterocycles. The highest BCUT2D eigenvalue weighted by molar-refractivity contribution is 5.90. The Balaban J connectivity index is 2.94. The molecule has 0 spiro atoms. The van der Waals surface area contributed by atoms with Crippen LogP contribution in [-0.2, 0) is 23.9 Å². The molecule has 40 heavy (non-hydrogen) atoms. The highest BCUT2D eigenvalue weighted by Gasteiger charge is 2.32. The molecule has 0 unspecified atom stereocenters. The summed E-state index contributed by atoms with van der Waals surface area (Å²) in [5.41, 5.74) is 6.14. The quantitative estimate of drug-likeness (QED) is 0.118. The van der Waals surface area contributed by atoms with Crippen LogP contribution in [0.25, 0.3) is 0 Å². The molecule has 0 aliphatic heterocycles. The summed E-state index contributed by atoms with van der Waals surface area (Å²) in [5, 5.41) is 14.6. The number of ether oxygens (including phenoxy) is 1. The topological polar surface area (TPSA) is 148 Å². The molecule has 2 amide bonds. The van der Waals surface area contributed by atoms with Gasteiger partial charge < -0.3 is 26.2 Å². The van der Waals surface area contributed by atoms with Crippen molar-refractivity contribution in [3.05, 3.63) is 0 Å². The van der Waals surface area contributed by atoms with E-state index in [4.69, 9.17) is 10.5 Å². The van der Waals surface area contributed by atoms with Gasteiger partial charge in [0.05, 0.1) is 6.42 Å². The molecule has 1 aliphatic carbocycles. The van der Waals surface area contributed by atoms with Crippen LogP contribution in [0.1, 0.15) is 131 Å². The van der Waals surface area contributed by atoms with Crippen molar-refractivity contribution in [3.8, 4) is 0 Å². The second-order valence-electron chi connectivity index (χ2n) is 12.1. The number of hydrogen-bond donors (Lipinski definition) is 4. The van der Waals surface area contributed by atoms with Crippen LogP contribution in [0.15, 0.2) is 0 Å². The second kappa shape index (κ2) is 19.8. The Morgan fingerprint density at radius 2 is 1.52 bits per heavy atom. The standard InChI is InChI=1S/C31H57N3O6/c1-6-8-9-10-11-13-16-22(4)26(40-31(39)28(32)21(3)7-2)20-27(35)34-25(19-24-17-14-12-15-18-24)29(36)33-23(5)30(37)38/h21-26,28H,6-20,32H2,1-5H3,(H,33,36)(H,34,35)(H,37,38)/t21-,22-,23-,25-,26-,28+/m0/s1. The molecule has 0 saturated heterocycles. The molecule has 232 valence electrons. The van der Waals surface area contributed by atoms with E-state index in [1.807, 2.05) is 20.8 Å². The maximum absolute atomic E-state index is 13.3. The number of rotatable bonds is 20. The first-order valence-electron chi connectivity index (χ1n) is 15.8. The summed E-state index contributed by atoms with van der Waals surface area (Å²) in [6, 6.07) is -2.67. The van der Waals surface area contributed by atoms with E-state index in [9.17, 15) is 24.3 Å². The molecule has 1 fully saturated rings. The minimum Gasteiger partial charge on any atom is -0.480 e. The Bertz CT molecular complexity index is 770. The fraction of sp³-hybridized carbons (Fsp3) is 0.871. The average molecular weight is 568 g/mol. The van der Waals surface area contributed by atoms with Crippen molar-refractivity contribution in [2.24, 2.45) is 23.5 Å². The number of amides is 2. The van der Waals surface area contributed by atoms with Crippen molar-refractivity contribution in [1.82, 2.24) is 10.6 Å². The Labute approximate surface area is 242 Å². The van der Waals surface area contributed by atoms with Crippen LogP contribution < -0.4 is 16.4 Å². The van der Waals surface area contributed by atoms with Crippen LogP contribution in [0.2, 0.25) is 0 Å². The molecular weight excluding hydrogens is 510 g/mol. The normalized spacial score (nSPS) is 18.6. The fourth-order valence-electron chi connectivity index (χ4n) is 5.30. The van der Waals surface area contributed by atoms with Crippen molar-refractivity contribution >= 4 is 23.8 Å². The molecule has 0 aromatic rings. The van der Waals surface area contributed by atoms with Gasteiger partial charge in [0, 0.05) is 0 Å². The van der Waals surface area contributed by atoms with Gasteiger partial charge in [0.25, 0.3) is 0 Å². The predicted octanol–water partition coefficient (Wildman–Crippen LogP) is 5.09. The van der Waals surface area contributed by atoms with Gasteiger partial charge in [-0.25, -0.2) is 0 Å². The SMILES string of the molecule is CCCCCCCC[C@H](C)[C@H](CC(=O)N[C@@H](CC1CCCCC1)C(=O)N[C@@H](C)C(=O)O)OC(=O)[C@H](N)[C@@H](C)CC. The zero-order chi connectivity index (χ0) is 30.1. The van der Waals surface area contributed by atoms with E-state index in [1.165, 1.54) is 26.2 Å². The van der Waals surface area contributed by atoms with Crippen molar-refractivity contribution in [3.63, 3.8) is 0 Å². The van der Waals surface area contributed by atoms with Gasteiger partial charge in [-0.3, -0.25) is 19.2 Å². The third-order valence-electron chi connectivity index (χ3n) is 8.51. The zero-order valence-electron chi connectivity index (χ0n) is 25.7. The maximum Gasteiger partial charge on any atom is 0.325 e. The number of carboxylic acid groups (broad SMARTS) is 1. The van der Waals surface area contributed by atoms with Crippen LogP contribution in [-0.4, -0.2) is 53.1 Å².